The molecule has 2 heterocycles. The molecule has 6 heteroatoms. The molecule has 0 atom stereocenters. The molecule has 144 valence electrons. The molecular formula is C20H33N5O. The number of piperazine rings is 2. The Morgan fingerprint density at radius 1 is 0.962 bits per heavy atom. The van der Waals surface area contributed by atoms with Crippen LogP contribution in [0.25, 0.3) is 0 Å². The van der Waals surface area contributed by atoms with Crippen LogP contribution in [0.5, 0.6) is 0 Å². The Balaban J connectivity index is 1.39. The maximum absolute atomic E-state index is 12.3. The van der Waals surface area contributed by atoms with Gasteiger partial charge in [0.25, 0.3) is 0 Å². The van der Waals surface area contributed by atoms with Crippen LogP contribution in [0.4, 0.5) is 11.4 Å². The molecule has 2 aliphatic rings. The molecule has 0 aromatic heterocycles. The molecule has 26 heavy (non-hydrogen) atoms. The summed E-state index contributed by atoms with van der Waals surface area (Å²) in [5.41, 5.74) is 2.38. The zero-order valence-corrected chi connectivity index (χ0v) is 16.3. The van der Waals surface area contributed by atoms with Crippen LogP contribution >= 0.6 is 0 Å². The van der Waals surface area contributed by atoms with Crippen molar-refractivity contribution in [2.75, 3.05) is 82.7 Å². The van der Waals surface area contributed by atoms with E-state index in [1.807, 2.05) is 4.90 Å². The Bertz CT molecular complexity index is 560. The van der Waals surface area contributed by atoms with Gasteiger partial charge in [-0.1, -0.05) is 6.92 Å². The minimum Gasteiger partial charge on any atom is -0.385 e. The van der Waals surface area contributed by atoms with Gasteiger partial charge in [-0.05, 0) is 37.9 Å². The second-order valence-corrected chi connectivity index (χ2v) is 7.33. The van der Waals surface area contributed by atoms with Gasteiger partial charge >= 0.3 is 0 Å². The molecule has 1 amide bonds. The maximum atomic E-state index is 12.3. The Morgan fingerprint density at radius 2 is 1.62 bits per heavy atom. The minimum atomic E-state index is 0.266. The SMILES string of the molecule is CCN1CCN(C(=O)CCNc2ccc(N3CCN(C)CC3)cc2)CC1. The number of rotatable bonds is 6. The van der Waals surface area contributed by atoms with E-state index in [0.29, 0.717) is 13.0 Å². The van der Waals surface area contributed by atoms with Gasteiger partial charge < -0.3 is 24.9 Å². The lowest BCUT2D eigenvalue weighted by atomic mass is 10.2. The van der Waals surface area contributed by atoms with Crippen molar-refractivity contribution in [3.63, 3.8) is 0 Å². The summed E-state index contributed by atoms with van der Waals surface area (Å²) in [6.07, 6.45) is 0.562. The molecule has 0 spiro atoms. The van der Waals surface area contributed by atoms with E-state index in [0.717, 1.165) is 64.6 Å². The fourth-order valence-corrected chi connectivity index (χ4v) is 3.64. The van der Waals surface area contributed by atoms with Gasteiger partial charge in [0.2, 0.25) is 5.91 Å². The van der Waals surface area contributed by atoms with Crippen molar-refractivity contribution in [2.24, 2.45) is 0 Å². The van der Waals surface area contributed by atoms with E-state index < -0.39 is 0 Å². The van der Waals surface area contributed by atoms with E-state index in [2.05, 4.69) is 58.3 Å². The summed E-state index contributed by atoms with van der Waals surface area (Å²) in [5.74, 6) is 0.266. The van der Waals surface area contributed by atoms with Gasteiger partial charge in [0.1, 0.15) is 0 Å². The smallest absolute Gasteiger partial charge is 0.224 e. The Labute approximate surface area is 157 Å². The zero-order chi connectivity index (χ0) is 18.4. The molecule has 0 radical (unpaired) electrons. The Morgan fingerprint density at radius 3 is 2.23 bits per heavy atom. The van der Waals surface area contributed by atoms with Gasteiger partial charge in [-0.2, -0.15) is 0 Å². The number of likely N-dealkylation sites (N-methyl/N-ethyl adjacent to an activating group) is 2. The molecule has 3 rings (SSSR count). The number of nitrogens with one attached hydrogen (secondary N) is 1. The topological polar surface area (TPSA) is 42.1 Å². The fourth-order valence-electron chi connectivity index (χ4n) is 3.64. The van der Waals surface area contributed by atoms with E-state index in [4.69, 9.17) is 0 Å². The minimum absolute atomic E-state index is 0.266. The van der Waals surface area contributed by atoms with Crippen molar-refractivity contribution in [1.29, 1.82) is 0 Å². The second-order valence-electron chi connectivity index (χ2n) is 7.33. The molecule has 0 unspecified atom stereocenters. The van der Waals surface area contributed by atoms with E-state index in [1.165, 1.54) is 5.69 Å². The predicted octanol–water partition coefficient (Wildman–Crippen LogP) is 1.40. The number of carbonyl (C=O) groups excluding carboxylic acids is 1. The summed E-state index contributed by atoms with van der Waals surface area (Å²) in [6.45, 7) is 12.1. The van der Waals surface area contributed by atoms with Gasteiger partial charge in [0.05, 0.1) is 0 Å². The maximum Gasteiger partial charge on any atom is 0.224 e. The molecule has 2 fully saturated rings. The first-order chi connectivity index (χ1) is 12.7. The highest BCUT2D eigenvalue weighted by molar-refractivity contribution is 5.77. The molecule has 1 N–H and O–H groups in total. The van der Waals surface area contributed by atoms with Crippen LogP contribution in [0.2, 0.25) is 0 Å². The summed E-state index contributed by atoms with van der Waals surface area (Å²) >= 11 is 0. The van der Waals surface area contributed by atoms with Crippen molar-refractivity contribution in [1.82, 2.24) is 14.7 Å². The first kappa shape index (κ1) is 19.0. The molecule has 1 aromatic rings. The van der Waals surface area contributed by atoms with Crippen LogP contribution in [0.1, 0.15) is 13.3 Å². The summed E-state index contributed by atoms with van der Waals surface area (Å²) in [4.78, 5) is 21.5. The van der Waals surface area contributed by atoms with Gasteiger partial charge in [0, 0.05) is 76.7 Å². The molecule has 2 aliphatic heterocycles. The van der Waals surface area contributed by atoms with E-state index >= 15 is 0 Å². The lowest BCUT2D eigenvalue weighted by Crippen LogP contribution is -2.48. The first-order valence-electron chi connectivity index (χ1n) is 9.93. The highest BCUT2D eigenvalue weighted by Crippen LogP contribution is 2.19. The largest absolute Gasteiger partial charge is 0.385 e. The third-order valence-corrected chi connectivity index (χ3v) is 5.58. The van der Waals surface area contributed by atoms with Crippen LogP contribution in [0.3, 0.4) is 0 Å². The molecule has 0 aliphatic carbocycles. The average molecular weight is 360 g/mol. The number of carbonyl (C=O) groups is 1. The van der Waals surface area contributed by atoms with Crippen molar-refractivity contribution >= 4 is 17.3 Å². The van der Waals surface area contributed by atoms with Crippen molar-refractivity contribution < 1.29 is 4.79 Å². The first-order valence-corrected chi connectivity index (χ1v) is 9.93. The van der Waals surface area contributed by atoms with Gasteiger partial charge in [-0.25, -0.2) is 0 Å². The van der Waals surface area contributed by atoms with Crippen molar-refractivity contribution in [2.45, 2.75) is 13.3 Å². The quantitative estimate of drug-likeness (QED) is 0.832. The Kier molecular flexibility index (Phi) is 6.74. The molecule has 2 saturated heterocycles. The molecule has 1 aromatic carbocycles. The monoisotopic (exact) mass is 359 g/mol. The van der Waals surface area contributed by atoms with Crippen LogP contribution in [-0.4, -0.2) is 93.1 Å². The molecule has 6 nitrogen and oxygen atoms in total. The van der Waals surface area contributed by atoms with E-state index in [1.54, 1.807) is 0 Å². The second kappa shape index (κ2) is 9.24. The van der Waals surface area contributed by atoms with Crippen LogP contribution in [0, 0.1) is 0 Å². The summed E-state index contributed by atoms with van der Waals surface area (Å²) in [7, 11) is 2.18. The summed E-state index contributed by atoms with van der Waals surface area (Å²) in [6, 6.07) is 8.61. The number of benzene rings is 1. The molecule has 0 bridgehead atoms. The summed E-state index contributed by atoms with van der Waals surface area (Å²) < 4.78 is 0. The van der Waals surface area contributed by atoms with Crippen LogP contribution < -0.4 is 10.2 Å². The zero-order valence-electron chi connectivity index (χ0n) is 16.3. The van der Waals surface area contributed by atoms with Crippen molar-refractivity contribution in [3.8, 4) is 0 Å². The van der Waals surface area contributed by atoms with Crippen LogP contribution in [0.15, 0.2) is 24.3 Å². The average Bonchev–Trinajstić information content (AvgIpc) is 2.69. The highest BCUT2D eigenvalue weighted by Gasteiger charge is 2.19. The van der Waals surface area contributed by atoms with Gasteiger partial charge in [-0.3, -0.25) is 4.79 Å². The highest BCUT2D eigenvalue weighted by atomic mass is 16.2. The van der Waals surface area contributed by atoms with Crippen LogP contribution in [-0.2, 0) is 4.79 Å². The fraction of sp³-hybridized carbons (Fsp3) is 0.650. The van der Waals surface area contributed by atoms with E-state index in [-0.39, 0.29) is 5.91 Å². The van der Waals surface area contributed by atoms with Crippen molar-refractivity contribution in [3.05, 3.63) is 24.3 Å². The number of hydrogen-bond acceptors (Lipinski definition) is 5. The molecule has 0 saturated carbocycles. The third-order valence-electron chi connectivity index (χ3n) is 5.58. The summed E-state index contributed by atoms with van der Waals surface area (Å²) in [5, 5.41) is 3.39. The number of amides is 1. The number of nitrogens with zero attached hydrogens (tertiary/aromatic N) is 4. The van der Waals surface area contributed by atoms with Gasteiger partial charge in [-0.15, -0.1) is 0 Å². The molecular weight excluding hydrogens is 326 g/mol. The standard InChI is InChI=1S/C20H33N5O/c1-3-23-12-16-25(17-13-23)20(26)8-9-21-18-4-6-19(7-5-18)24-14-10-22(2)11-15-24/h4-7,21H,3,8-17H2,1-2H3. The van der Waals surface area contributed by atoms with E-state index in [9.17, 15) is 4.79 Å². The number of hydrogen-bond donors (Lipinski definition) is 1. The number of anilines is 2. The lowest BCUT2D eigenvalue weighted by Gasteiger charge is -2.34. The normalized spacial score (nSPS) is 19.6. The lowest BCUT2D eigenvalue weighted by molar-refractivity contribution is -0.132. The predicted molar refractivity (Wildman–Crippen MR) is 108 cm³/mol. The third kappa shape index (κ3) is 5.11. The Hall–Kier alpha value is -1.79. The van der Waals surface area contributed by atoms with Gasteiger partial charge in [0.15, 0.2) is 0 Å².